The Labute approximate surface area is 183 Å². The van der Waals surface area contributed by atoms with Crippen LogP contribution in [-0.4, -0.2) is 21.8 Å². The van der Waals surface area contributed by atoms with Crippen LogP contribution in [0.4, 0.5) is 5.13 Å². The van der Waals surface area contributed by atoms with Crippen LogP contribution in [0, 0.1) is 12.8 Å². The molecule has 0 fully saturated rings. The Morgan fingerprint density at radius 1 is 1.27 bits per heavy atom. The zero-order chi connectivity index (χ0) is 21.6. The quantitative estimate of drug-likeness (QED) is 0.546. The lowest BCUT2D eigenvalue weighted by Gasteiger charge is -2.25. The molecule has 0 aliphatic carbocycles. The Balaban J connectivity index is 1.88. The zero-order valence-electron chi connectivity index (χ0n) is 16.8. The lowest BCUT2D eigenvalue weighted by molar-refractivity contribution is -0.118. The summed E-state index contributed by atoms with van der Waals surface area (Å²) in [6, 6.07) is 12.2. The van der Waals surface area contributed by atoms with Crippen LogP contribution in [0.3, 0.4) is 0 Å². The number of anilines is 1. The van der Waals surface area contributed by atoms with Gasteiger partial charge in [0.05, 0.1) is 21.8 Å². The fourth-order valence-corrected chi connectivity index (χ4v) is 4.98. The highest BCUT2D eigenvalue weighted by molar-refractivity contribution is 7.22. The van der Waals surface area contributed by atoms with E-state index in [0.29, 0.717) is 15.7 Å². The van der Waals surface area contributed by atoms with Crippen LogP contribution < -0.4 is 4.90 Å². The van der Waals surface area contributed by atoms with E-state index >= 15 is 0 Å². The fourth-order valence-electron chi connectivity index (χ4n) is 3.71. The van der Waals surface area contributed by atoms with Gasteiger partial charge in [-0.05, 0) is 36.6 Å². The van der Waals surface area contributed by atoms with Crippen LogP contribution >= 0.6 is 22.9 Å². The molecule has 3 aromatic rings. The molecule has 1 amide bonds. The molecule has 1 unspecified atom stereocenters. The minimum Gasteiger partial charge on any atom is -0.503 e. The molecule has 154 valence electrons. The summed E-state index contributed by atoms with van der Waals surface area (Å²) in [7, 11) is 0. The molecule has 0 saturated carbocycles. The Bertz CT molecular complexity index is 1200. The smallest absolute Gasteiger partial charge is 0.296 e. The van der Waals surface area contributed by atoms with Crippen LogP contribution in [0.1, 0.15) is 37.4 Å². The van der Waals surface area contributed by atoms with Gasteiger partial charge in [0.1, 0.15) is 0 Å². The summed E-state index contributed by atoms with van der Waals surface area (Å²) in [5, 5.41) is 11.7. The third-order valence-corrected chi connectivity index (χ3v) is 6.26. The number of nitrogens with zero attached hydrogens (tertiary/aromatic N) is 2. The van der Waals surface area contributed by atoms with Gasteiger partial charge in [-0.1, -0.05) is 66.6 Å². The largest absolute Gasteiger partial charge is 0.503 e. The molecule has 0 saturated heterocycles. The third kappa shape index (κ3) is 3.61. The number of aromatic nitrogens is 1. The van der Waals surface area contributed by atoms with Gasteiger partial charge >= 0.3 is 0 Å². The topological polar surface area (TPSA) is 70.5 Å². The number of aliphatic hydroxyl groups excluding tert-OH is 1. The number of amides is 1. The van der Waals surface area contributed by atoms with Crippen molar-refractivity contribution in [3.8, 4) is 0 Å². The predicted molar refractivity (Wildman–Crippen MR) is 120 cm³/mol. The molecule has 1 aliphatic heterocycles. The van der Waals surface area contributed by atoms with Gasteiger partial charge in [0.25, 0.3) is 5.91 Å². The summed E-state index contributed by atoms with van der Waals surface area (Å²) in [5.74, 6) is -1.23. The van der Waals surface area contributed by atoms with Gasteiger partial charge < -0.3 is 5.11 Å². The van der Waals surface area contributed by atoms with Gasteiger partial charge in [-0.15, -0.1) is 0 Å². The molecule has 1 aromatic heterocycles. The summed E-state index contributed by atoms with van der Waals surface area (Å²) in [4.78, 5) is 32.2. The van der Waals surface area contributed by atoms with Crippen molar-refractivity contribution in [2.24, 2.45) is 5.92 Å². The lowest BCUT2D eigenvalue weighted by Crippen LogP contribution is -2.31. The van der Waals surface area contributed by atoms with E-state index in [4.69, 9.17) is 11.6 Å². The number of carbonyl (C=O) groups is 2. The number of rotatable bonds is 5. The number of benzene rings is 2. The van der Waals surface area contributed by atoms with Crippen molar-refractivity contribution in [2.75, 3.05) is 4.90 Å². The zero-order valence-corrected chi connectivity index (χ0v) is 18.4. The summed E-state index contributed by atoms with van der Waals surface area (Å²) >= 11 is 7.41. The number of Topliss-reactive ketones (excluding diaryl/α,β-unsaturated/α-hetero) is 1. The molecule has 7 heteroatoms. The second kappa shape index (κ2) is 7.85. The summed E-state index contributed by atoms with van der Waals surface area (Å²) in [5.41, 5.74) is 2.60. The van der Waals surface area contributed by atoms with Crippen molar-refractivity contribution in [3.63, 3.8) is 0 Å². The van der Waals surface area contributed by atoms with E-state index in [1.54, 1.807) is 18.2 Å². The summed E-state index contributed by atoms with van der Waals surface area (Å²) in [6.07, 6.45) is 0.248. The van der Waals surface area contributed by atoms with Crippen LogP contribution in [0.5, 0.6) is 0 Å². The predicted octanol–water partition coefficient (Wildman–Crippen LogP) is 5.77. The highest BCUT2D eigenvalue weighted by Crippen LogP contribution is 2.44. The van der Waals surface area contributed by atoms with Gasteiger partial charge in [0.15, 0.2) is 16.7 Å². The minimum atomic E-state index is -0.723. The molecule has 1 N–H and O–H groups in total. The molecular weight excluding hydrogens is 420 g/mol. The average Bonchev–Trinajstić information content (AvgIpc) is 3.19. The van der Waals surface area contributed by atoms with Crippen molar-refractivity contribution >= 4 is 50.0 Å². The number of aliphatic hydroxyl groups is 1. The number of hydrogen-bond acceptors (Lipinski definition) is 5. The second-order valence-corrected chi connectivity index (χ2v) is 9.33. The number of hydrogen-bond donors (Lipinski definition) is 1. The number of fused-ring (bicyclic) bond motifs is 1. The van der Waals surface area contributed by atoms with Crippen LogP contribution in [-0.2, 0) is 9.59 Å². The maximum atomic E-state index is 13.1. The first kappa shape index (κ1) is 20.6. The first-order chi connectivity index (χ1) is 14.3. The van der Waals surface area contributed by atoms with E-state index in [0.717, 1.165) is 15.8 Å². The average molecular weight is 441 g/mol. The lowest BCUT2D eigenvalue weighted by atomic mass is 9.91. The van der Waals surface area contributed by atoms with E-state index in [1.807, 2.05) is 45.0 Å². The molecule has 0 bridgehead atoms. The molecule has 4 rings (SSSR count). The number of halogens is 1. The van der Waals surface area contributed by atoms with E-state index < -0.39 is 17.7 Å². The Hall–Kier alpha value is -2.70. The molecule has 1 aliphatic rings. The third-order valence-electron chi connectivity index (χ3n) is 5.01. The highest BCUT2D eigenvalue weighted by Gasteiger charge is 2.45. The standard InChI is InChI=1S/C23H21ClN2O3S/c1-12(2)9-17(27)19-20(14-6-4-5-13(3)10-14)26(22(29)21(19)28)23-25-16-8-7-15(24)11-18(16)30-23/h4-8,10-12,20,28H,9H2,1-3H3. The normalized spacial score (nSPS) is 16.9. The highest BCUT2D eigenvalue weighted by atomic mass is 35.5. The fraction of sp³-hybridized carbons (Fsp3) is 0.261. The number of thiazole rings is 1. The summed E-state index contributed by atoms with van der Waals surface area (Å²) < 4.78 is 0.828. The molecular formula is C23H21ClN2O3S. The van der Waals surface area contributed by atoms with E-state index in [-0.39, 0.29) is 23.7 Å². The SMILES string of the molecule is Cc1cccc(C2C(C(=O)CC(C)C)=C(O)C(=O)N2c2nc3ccc(Cl)cc3s2)c1. The maximum Gasteiger partial charge on any atom is 0.296 e. The molecule has 30 heavy (non-hydrogen) atoms. The monoisotopic (exact) mass is 440 g/mol. The minimum absolute atomic E-state index is 0.102. The first-order valence-corrected chi connectivity index (χ1v) is 10.9. The Morgan fingerprint density at radius 3 is 2.73 bits per heavy atom. The first-order valence-electron chi connectivity index (χ1n) is 9.68. The van der Waals surface area contributed by atoms with Gasteiger partial charge in [-0.25, -0.2) is 4.98 Å². The van der Waals surface area contributed by atoms with Crippen LogP contribution in [0.2, 0.25) is 5.02 Å². The van der Waals surface area contributed by atoms with Gasteiger partial charge in [0.2, 0.25) is 0 Å². The van der Waals surface area contributed by atoms with E-state index in [9.17, 15) is 14.7 Å². The molecule has 0 radical (unpaired) electrons. The van der Waals surface area contributed by atoms with Crippen molar-refractivity contribution in [1.82, 2.24) is 4.98 Å². The van der Waals surface area contributed by atoms with Crippen LogP contribution in [0.25, 0.3) is 10.2 Å². The van der Waals surface area contributed by atoms with Crippen molar-refractivity contribution in [3.05, 3.63) is 69.9 Å². The van der Waals surface area contributed by atoms with Gasteiger partial charge in [-0.2, -0.15) is 0 Å². The Morgan fingerprint density at radius 2 is 2.03 bits per heavy atom. The molecule has 2 aromatic carbocycles. The van der Waals surface area contributed by atoms with Crippen LogP contribution in [0.15, 0.2) is 53.8 Å². The van der Waals surface area contributed by atoms with Crippen molar-refractivity contribution < 1.29 is 14.7 Å². The van der Waals surface area contributed by atoms with Gasteiger partial charge in [0, 0.05) is 11.4 Å². The number of carbonyl (C=O) groups excluding carboxylic acids is 2. The maximum absolute atomic E-state index is 13.1. The van der Waals surface area contributed by atoms with Gasteiger partial charge in [-0.3, -0.25) is 14.5 Å². The molecule has 5 nitrogen and oxygen atoms in total. The van der Waals surface area contributed by atoms with E-state index in [1.165, 1.54) is 16.2 Å². The summed E-state index contributed by atoms with van der Waals surface area (Å²) in [6.45, 7) is 5.81. The molecule has 1 atom stereocenters. The molecule has 0 spiro atoms. The molecule has 2 heterocycles. The van der Waals surface area contributed by atoms with Crippen molar-refractivity contribution in [2.45, 2.75) is 33.2 Å². The Kier molecular flexibility index (Phi) is 5.38. The van der Waals surface area contributed by atoms with E-state index in [2.05, 4.69) is 4.98 Å². The van der Waals surface area contributed by atoms with Crippen molar-refractivity contribution in [1.29, 1.82) is 0 Å². The number of ketones is 1. The second-order valence-electron chi connectivity index (χ2n) is 7.88. The number of aryl methyl sites for hydroxylation is 1.